The summed E-state index contributed by atoms with van der Waals surface area (Å²) >= 11 is 9.61. The number of β-amino-alcohol motifs (C(OH)–C–C–N with tert-alkyl or cyclic N) is 1. The Balaban J connectivity index is 1.47. The van der Waals surface area contributed by atoms with E-state index in [-0.39, 0.29) is 33.9 Å². The van der Waals surface area contributed by atoms with Crippen molar-refractivity contribution < 1.29 is 27.4 Å². The molecule has 1 amide bonds. The molecule has 1 fully saturated rings. The minimum absolute atomic E-state index is 0.00698. The third-order valence-electron chi connectivity index (χ3n) is 5.89. The Morgan fingerprint density at radius 1 is 1.22 bits per heavy atom. The van der Waals surface area contributed by atoms with Crippen molar-refractivity contribution in [3.63, 3.8) is 0 Å². The van der Waals surface area contributed by atoms with E-state index < -0.39 is 21.6 Å². The molecule has 0 unspecified atom stereocenters. The number of benzene rings is 3. The van der Waals surface area contributed by atoms with Gasteiger partial charge in [0.2, 0.25) is 0 Å². The lowest BCUT2D eigenvalue weighted by atomic mass is 10.1. The number of hydrogen-bond donors (Lipinski definition) is 2. The first-order chi connectivity index (χ1) is 17.5. The van der Waals surface area contributed by atoms with Crippen LogP contribution in [0.3, 0.4) is 0 Å². The van der Waals surface area contributed by atoms with Crippen LogP contribution in [0.25, 0.3) is 0 Å². The smallest absolute Gasteiger partial charge is 0.257 e. The van der Waals surface area contributed by atoms with Crippen LogP contribution >= 0.6 is 27.5 Å². The fourth-order valence-electron chi connectivity index (χ4n) is 4.09. The number of likely N-dealkylation sites (tertiary alicyclic amines) is 1. The summed E-state index contributed by atoms with van der Waals surface area (Å²) in [5.74, 6) is -0.528. The van der Waals surface area contributed by atoms with Crippen LogP contribution in [0.2, 0.25) is 5.02 Å². The second-order valence-corrected chi connectivity index (χ2v) is 12.3. The van der Waals surface area contributed by atoms with Gasteiger partial charge in [0, 0.05) is 41.6 Å². The van der Waals surface area contributed by atoms with Gasteiger partial charge in [0.1, 0.15) is 18.2 Å². The lowest BCUT2D eigenvalue weighted by Crippen LogP contribution is -2.21. The lowest BCUT2D eigenvalue weighted by Gasteiger charge is -2.18. The maximum Gasteiger partial charge on any atom is 0.257 e. The highest BCUT2D eigenvalue weighted by molar-refractivity contribution is 9.10. The molecule has 1 aliphatic rings. The molecule has 3 aromatic carbocycles. The van der Waals surface area contributed by atoms with Crippen LogP contribution in [0.15, 0.2) is 64.0 Å². The highest BCUT2D eigenvalue weighted by Crippen LogP contribution is 2.28. The van der Waals surface area contributed by atoms with Gasteiger partial charge in [-0.25, -0.2) is 12.8 Å². The summed E-state index contributed by atoms with van der Waals surface area (Å²) in [6.45, 7) is 2.05. The minimum atomic E-state index is -3.48. The molecule has 196 valence electrons. The summed E-state index contributed by atoms with van der Waals surface area (Å²) in [7, 11) is -3.48. The van der Waals surface area contributed by atoms with Gasteiger partial charge in [0.15, 0.2) is 9.84 Å². The molecule has 0 aliphatic carbocycles. The quantitative estimate of drug-likeness (QED) is 0.371. The third-order valence-corrected chi connectivity index (χ3v) is 7.80. The first-order valence-electron chi connectivity index (χ1n) is 11.4. The number of amides is 1. The van der Waals surface area contributed by atoms with E-state index in [4.69, 9.17) is 16.3 Å². The molecule has 4 rings (SSSR count). The van der Waals surface area contributed by atoms with Crippen molar-refractivity contribution in [2.24, 2.45) is 0 Å². The molecule has 1 aliphatic heterocycles. The number of hydrogen-bond acceptors (Lipinski definition) is 6. The molecule has 0 bridgehead atoms. The van der Waals surface area contributed by atoms with Crippen LogP contribution in [0.1, 0.15) is 27.9 Å². The zero-order valence-electron chi connectivity index (χ0n) is 19.9. The van der Waals surface area contributed by atoms with Gasteiger partial charge in [-0.3, -0.25) is 9.69 Å². The van der Waals surface area contributed by atoms with Crippen molar-refractivity contribution in [3.05, 3.63) is 86.6 Å². The summed E-state index contributed by atoms with van der Waals surface area (Å²) in [6, 6.07) is 13.5. The van der Waals surface area contributed by atoms with Gasteiger partial charge in [0.25, 0.3) is 5.91 Å². The Labute approximate surface area is 228 Å². The van der Waals surface area contributed by atoms with Crippen molar-refractivity contribution in [2.45, 2.75) is 30.6 Å². The summed E-state index contributed by atoms with van der Waals surface area (Å²) in [5, 5.41) is 12.4. The summed E-state index contributed by atoms with van der Waals surface area (Å²) < 4.78 is 44.7. The molecule has 37 heavy (non-hydrogen) atoms. The SMILES string of the molecule is CS(=O)(=O)c1ccc(C(=O)Nc2cc(F)cc(COc3ccc(Br)cc3CN3CC[C@H](O)C3)c2)c(Cl)c1. The summed E-state index contributed by atoms with van der Waals surface area (Å²) in [6.07, 6.45) is 1.45. The standard InChI is InChI=1S/C26H25BrClFN2O5S/c1-37(34,35)22-3-4-23(24(28)12-22)26(33)30-20-9-16(8-19(29)11-20)15-36-25-5-2-18(27)10-17(25)13-31-7-6-21(32)14-31/h2-5,8-12,21,32H,6-7,13-15H2,1H3,(H,30,33)/t21-/m0/s1. The monoisotopic (exact) mass is 610 g/mol. The van der Waals surface area contributed by atoms with E-state index >= 15 is 0 Å². The average molecular weight is 612 g/mol. The molecule has 2 N–H and O–H groups in total. The van der Waals surface area contributed by atoms with E-state index in [1.165, 1.54) is 30.3 Å². The number of halogens is 3. The van der Waals surface area contributed by atoms with E-state index in [1.54, 1.807) is 6.07 Å². The van der Waals surface area contributed by atoms with Gasteiger partial charge in [0.05, 0.1) is 21.6 Å². The predicted molar refractivity (Wildman–Crippen MR) is 143 cm³/mol. The third kappa shape index (κ3) is 7.30. The van der Waals surface area contributed by atoms with E-state index in [9.17, 15) is 22.7 Å². The topological polar surface area (TPSA) is 95.9 Å². The molecule has 1 heterocycles. The molecule has 3 aromatic rings. The van der Waals surface area contributed by atoms with Gasteiger partial charge in [-0.1, -0.05) is 27.5 Å². The number of nitrogens with one attached hydrogen (secondary N) is 1. The lowest BCUT2D eigenvalue weighted by molar-refractivity contribution is 0.102. The van der Waals surface area contributed by atoms with Crippen LogP contribution in [0.5, 0.6) is 5.75 Å². The first-order valence-corrected chi connectivity index (χ1v) is 14.5. The van der Waals surface area contributed by atoms with E-state index in [0.29, 0.717) is 24.4 Å². The Morgan fingerprint density at radius 3 is 2.68 bits per heavy atom. The summed E-state index contributed by atoms with van der Waals surface area (Å²) in [5.41, 5.74) is 1.69. The fraction of sp³-hybridized carbons (Fsp3) is 0.269. The second-order valence-electron chi connectivity index (χ2n) is 8.93. The molecule has 7 nitrogen and oxygen atoms in total. The zero-order chi connectivity index (χ0) is 26.7. The van der Waals surface area contributed by atoms with E-state index in [0.717, 1.165) is 29.3 Å². The molecule has 0 aromatic heterocycles. The van der Waals surface area contributed by atoms with Gasteiger partial charge in [-0.2, -0.15) is 0 Å². The maximum atomic E-state index is 14.4. The van der Waals surface area contributed by atoms with Crippen molar-refractivity contribution >= 4 is 49.0 Å². The molecule has 0 saturated carbocycles. The minimum Gasteiger partial charge on any atom is -0.489 e. The number of nitrogens with zero attached hydrogens (tertiary/aromatic N) is 1. The number of aliphatic hydroxyl groups is 1. The van der Waals surface area contributed by atoms with Gasteiger partial charge >= 0.3 is 0 Å². The highest BCUT2D eigenvalue weighted by atomic mass is 79.9. The average Bonchev–Trinajstić information content (AvgIpc) is 3.22. The van der Waals surface area contributed by atoms with Crippen LogP contribution < -0.4 is 10.1 Å². The van der Waals surface area contributed by atoms with Crippen molar-refractivity contribution in [2.75, 3.05) is 24.7 Å². The number of ether oxygens (including phenoxy) is 1. The number of aliphatic hydroxyl groups excluding tert-OH is 1. The molecule has 1 atom stereocenters. The van der Waals surface area contributed by atoms with Crippen LogP contribution in [-0.4, -0.2) is 49.8 Å². The van der Waals surface area contributed by atoms with Crippen molar-refractivity contribution in [1.82, 2.24) is 4.90 Å². The molecule has 11 heteroatoms. The number of rotatable bonds is 8. The fourth-order valence-corrected chi connectivity index (χ4v) is 5.47. The Hall–Kier alpha value is -2.50. The number of sulfone groups is 1. The number of carbonyl (C=O) groups excluding carboxylic acids is 1. The molecular weight excluding hydrogens is 587 g/mol. The van der Waals surface area contributed by atoms with Gasteiger partial charge in [-0.15, -0.1) is 0 Å². The van der Waals surface area contributed by atoms with Gasteiger partial charge in [-0.05, 0) is 66.6 Å². The Morgan fingerprint density at radius 2 is 2.00 bits per heavy atom. The van der Waals surface area contributed by atoms with Gasteiger partial charge < -0.3 is 15.2 Å². The zero-order valence-corrected chi connectivity index (χ0v) is 23.0. The van der Waals surface area contributed by atoms with Crippen LogP contribution in [0.4, 0.5) is 10.1 Å². The van der Waals surface area contributed by atoms with E-state index in [2.05, 4.69) is 26.1 Å². The van der Waals surface area contributed by atoms with E-state index in [1.807, 2.05) is 18.2 Å². The number of anilines is 1. The summed E-state index contributed by atoms with van der Waals surface area (Å²) in [4.78, 5) is 14.9. The predicted octanol–water partition coefficient (Wildman–Crippen LogP) is 5.04. The van der Waals surface area contributed by atoms with Crippen LogP contribution in [0, 0.1) is 5.82 Å². The molecule has 1 saturated heterocycles. The largest absolute Gasteiger partial charge is 0.489 e. The van der Waals surface area contributed by atoms with Crippen molar-refractivity contribution in [1.29, 1.82) is 0 Å². The van der Waals surface area contributed by atoms with Crippen molar-refractivity contribution in [3.8, 4) is 5.75 Å². The maximum absolute atomic E-state index is 14.4. The molecule has 0 spiro atoms. The van der Waals surface area contributed by atoms with Crippen LogP contribution in [-0.2, 0) is 23.0 Å². The molecular formula is C26H25BrClFN2O5S. The highest BCUT2D eigenvalue weighted by Gasteiger charge is 2.21. The Bertz CT molecular complexity index is 1440. The number of carbonyl (C=O) groups is 1. The first kappa shape index (κ1) is 27.5. The normalized spacial score (nSPS) is 16.1. The Kier molecular flexibility index (Phi) is 8.55. The second kappa shape index (κ2) is 11.5. The molecule has 0 radical (unpaired) electrons.